The van der Waals surface area contributed by atoms with Crippen LogP contribution < -0.4 is 0 Å². The van der Waals surface area contributed by atoms with Crippen LogP contribution in [0, 0.1) is 0 Å². The van der Waals surface area contributed by atoms with Crippen LogP contribution in [-0.2, 0) is 16.1 Å². The average Bonchev–Trinajstić information content (AvgIpc) is 3.47. The van der Waals surface area contributed by atoms with Gasteiger partial charge in [0, 0.05) is 16.5 Å². The van der Waals surface area contributed by atoms with E-state index in [1.807, 2.05) is 23.6 Å². The maximum atomic E-state index is 12.7. The van der Waals surface area contributed by atoms with E-state index >= 15 is 0 Å². The van der Waals surface area contributed by atoms with E-state index in [1.54, 1.807) is 52.6 Å². The van der Waals surface area contributed by atoms with Crippen LogP contribution in [0.25, 0.3) is 17.4 Å². The summed E-state index contributed by atoms with van der Waals surface area (Å²) in [6.45, 7) is 0.482. The van der Waals surface area contributed by atoms with E-state index < -0.39 is 0 Å². The Bertz CT molecular complexity index is 1100. The quantitative estimate of drug-likeness (QED) is 0.308. The first-order chi connectivity index (χ1) is 14.0. The molecule has 1 saturated heterocycles. The Morgan fingerprint density at radius 3 is 2.69 bits per heavy atom. The van der Waals surface area contributed by atoms with Crippen molar-refractivity contribution >= 4 is 57.6 Å². The number of amides is 1. The number of thioether (sulfide) groups is 1. The predicted molar refractivity (Wildman–Crippen MR) is 119 cm³/mol. The first-order valence-electron chi connectivity index (χ1n) is 8.61. The maximum absolute atomic E-state index is 12.7. The van der Waals surface area contributed by atoms with Crippen LogP contribution in [0.15, 0.2) is 63.2 Å². The molecule has 3 heterocycles. The molecule has 8 heteroatoms. The van der Waals surface area contributed by atoms with Crippen molar-refractivity contribution in [2.75, 3.05) is 7.11 Å². The number of benzene rings is 1. The number of carbonyl (C=O) groups excluding carboxylic acids is 2. The summed E-state index contributed by atoms with van der Waals surface area (Å²) in [4.78, 5) is 27.5. The van der Waals surface area contributed by atoms with E-state index in [2.05, 4.69) is 0 Å². The van der Waals surface area contributed by atoms with Gasteiger partial charge in [0.15, 0.2) is 0 Å². The highest BCUT2D eigenvalue weighted by molar-refractivity contribution is 8.26. The Hall–Kier alpha value is -2.68. The molecule has 1 aliphatic rings. The Balaban J connectivity index is 1.51. The van der Waals surface area contributed by atoms with Crippen LogP contribution in [0.3, 0.4) is 0 Å². The third-order valence-electron chi connectivity index (χ3n) is 4.26. The van der Waals surface area contributed by atoms with E-state index in [-0.39, 0.29) is 11.9 Å². The van der Waals surface area contributed by atoms with Crippen LogP contribution in [-0.4, -0.2) is 28.2 Å². The van der Waals surface area contributed by atoms with Gasteiger partial charge in [0.05, 0.1) is 24.1 Å². The summed E-state index contributed by atoms with van der Waals surface area (Å²) in [5.74, 6) is 0.699. The zero-order valence-corrected chi connectivity index (χ0v) is 17.7. The monoisotopic (exact) mass is 441 g/mol. The summed E-state index contributed by atoms with van der Waals surface area (Å²) in [5.41, 5.74) is 1.29. The Morgan fingerprint density at radius 2 is 2.00 bits per heavy atom. The number of ether oxygens (including phenoxy) is 1. The van der Waals surface area contributed by atoms with E-state index in [0.29, 0.717) is 32.9 Å². The minimum atomic E-state index is -0.388. The van der Waals surface area contributed by atoms with Crippen LogP contribution >= 0.6 is 35.3 Å². The standard InChI is InChI=1S/C21H15NO4S3/c1-25-20(24)14-6-4-13(5-7-14)17-9-8-15(26-17)11-18-19(23)22(21(27)29-18)12-16-3-2-10-28-16/h2-11H,12H2,1H3/b18-11-. The van der Waals surface area contributed by atoms with Gasteiger partial charge in [0.2, 0.25) is 0 Å². The number of nitrogens with zero attached hydrogens (tertiary/aromatic N) is 1. The molecular weight excluding hydrogens is 426 g/mol. The van der Waals surface area contributed by atoms with Crippen molar-refractivity contribution in [1.82, 2.24) is 4.90 Å². The van der Waals surface area contributed by atoms with Crippen molar-refractivity contribution in [3.63, 3.8) is 0 Å². The van der Waals surface area contributed by atoms with Crippen molar-refractivity contribution in [3.8, 4) is 11.3 Å². The normalized spacial score (nSPS) is 15.3. The molecule has 29 heavy (non-hydrogen) atoms. The van der Waals surface area contributed by atoms with Crippen molar-refractivity contribution in [2.45, 2.75) is 6.54 Å². The van der Waals surface area contributed by atoms with E-state index in [1.165, 1.54) is 18.9 Å². The number of thiophene rings is 1. The molecule has 2 aromatic heterocycles. The predicted octanol–water partition coefficient (Wildman–Crippen LogP) is 5.20. The molecule has 0 N–H and O–H groups in total. The lowest BCUT2D eigenvalue weighted by Gasteiger charge is -2.12. The molecule has 0 unspecified atom stereocenters. The molecule has 0 bridgehead atoms. The Morgan fingerprint density at radius 1 is 1.21 bits per heavy atom. The smallest absolute Gasteiger partial charge is 0.337 e. The molecule has 5 nitrogen and oxygen atoms in total. The lowest BCUT2D eigenvalue weighted by Crippen LogP contribution is -2.26. The van der Waals surface area contributed by atoms with Gasteiger partial charge in [-0.2, -0.15) is 0 Å². The lowest BCUT2D eigenvalue weighted by atomic mass is 10.1. The zero-order valence-electron chi connectivity index (χ0n) is 15.3. The van der Waals surface area contributed by atoms with Gasteiger partial charge < -0.3 is 9.15 Å². The van der Waals surface area contributed by atoms with Crippen molar-refractivity contribution in [3.05, 3.63) is 75.0 Å². The topological polar surface area (TPSA) is 59.8 Å². The first-order valence-corrected chi connectivity index (χ1v) is 10.7. The summed E-state index contributed by atoms with van der Waals surface area (Å²) < 4.78 is 11.1. The maximum Gasteiger partial charge on any atom is 0.337 e. The highest BCUT2D eigenvalue weighted by atomic mass is 32.2. The van der Waals surface area contributed by atoms with Gasteiger partial charge in [0.25, 0.3) is 5.91 Å². The fraction of sp³-hybridized carbons (Fsp3) is 0.0952. The van der Waals surface area contributed by atoms with Gasteiger partial charge in [-0.15, -0.1) is 11.3 Å². The molecule has 1 fully saturated rings. The zero-order chi connectivity index (χ0) is 20.4. The molecule has 4 rings (SSSR count). The van der Waals surface area contributed by atoms with Crippen LogP contribution in [0.1, 0.15) is 21.0 Å². The molecule has 3 aromatic rings. The highest BCUT2D eigenvalue weighted by Crippen LogP contribution is 2.35. The molecule has 1 amide bonds. The molecule has 0 radical (unpaired) electrons. The number of methoxy groups -OCH3 is 1. The van der Waals surface area contributed by atoms with Gasteiger partial charge in [-0.05, 0) is 35.7 Å². The van der Waals surface area contributed by atoms with Crippen molar-refractivity contribution < 1.29 is 18.7 Å². The van der Waals surface area contributed by atoms with Gasteiger partial charge >= 0.3 is 5.97 Å². The first kappa shape index (κ1) is 19.6. The number of rotatable bonds is 5. The fourth-order valence-corrected chi connectivity index (χ4v) is 4.73. The summed E-state index contributed by atoms with van der Waals surface area (Å²) in [6.07, 6.45) is 1.71. The fourth-order valence-electron chi connectivity index (χ4n) is 2.80. The molecule has 0 atom stereocenters. The lowest BCUT2D eigenvalue weighted by molar-refractivity contribution is -0.122. The second-order valence-corrected chi connectivity index (χ2v) is 8.83. The van der Waals surface area contributed by atoms with Gasteiger partial charge in [-0.1, -0.05) is 42.2 Å². The number of carbonyl (C=O) groups is 2. The number of hydrogen-bond donors (Lipinski definition) is 0. The molecule has 0 aliphatic carbocycles. The SMILES string of the molecule is COC(=O)c1ccc(-c2ccc(/C=C3\SC(=S)N(Cc4cccs4)C3=O)o2)cc1. The van der Waals surface area contributed by atoms with E-state index in [0.717, 1.165) is 10.4 Å². The Labute approximate surface area is 181 Å². The van der Waals surface area contributed by atoms with Crippen molar-refractivity contribution in [2.24, 2.45) is 0 Å². The minimum Gasteiger partial charge on any atom is -0.465 e. The number of esters is 1. The van der Waals surface area contributed by atoms with Crippen LogP contribution in [0.4, 0.5) is 0 Å². The summed E-state index contributed by atoms with van der Waals surface area (Å²) in [6, 6.07) is 14.5. The van der Waals surface area contributed by atoms with E-state index in [9.17, 15) is 9.59 Å². The molecule has 0 spiro atoms. The number of furan rings is 1. The second-order valence-electron chi connectivity index (χ2n) is 6.12. The number of thiocarbonyl (C=S) groups is 1. The van der Waals surface area contributed by atoms with Gasteiger partial charge in [-0.3, -0.25) is 9.69 Å². The highest BCUT2D eigenvalue weighted by Gasteiger charge is 2.32. The summed E-state index contributed by atoms with van der Waals surface area (Å²) >= 11 is 8.24. The third-order valence-corrected chi connectivity index (χ3v) is 6.50. The van der Waals surface area contributed by atoms with Gasteiger partial charge in [0.1, 0.15) is 15.8 Å². The van der Waals surface area contributed by atoms with Crippen molar-refractivity contribution in [1.29, 1.82) is 0 Å². The van der Waals surface area contributed by atoms with Crippen LogP contribution in [0.2, 0.25) is 0 Å². The summed E-state index contributed by atoms with van der Waals surface area (Å²) in [7, 11) is 1.35. The minimum absolute atomic E-state index is 0.117. The molecule has 1 aliphatic heterocycles. The van der Waals surface area contributed by atoms with Gasteiger partial charge in [-0.25, -0.2) is 4.79 Å². The third kappa shape index (κ3) is 4.19. The summed E-state index contributed by atoms with van der Waals surface area (Å²) in [5, 5.41) is 1.98. The number of hydrogen-bond acceptors (Lipinski definition) is 7. The van der Waals surface area contributed by atoms with Crippen LogP contribution in [0.5, 0.6) is 0 Å². The largest absolute Gasteiger partial charge is 0.465 e. The second kappa shape index (κ2) is 8.36. The van der Waals surface area contributed by atoms with E-state index in [4.69, 9.17) is 21.4 Å². The molecular formula is C21H15NO4S3. The molecule has 1 aromatic carbocycles. The average molecular weight is 442 g/mol. The Kier molecular flexibility index (Phi) is 5.66. The molecule has 146 valence electrons. The molecule has 0 saturated carbocycles.